The summed E-state index contributed by atoms with van der Waals surface area (Å²) in [6.07, 6.45) is 8.18. The number of hydrogen-bond acceptors (Lipinski definition) is 3. The molecule has 2 rings (SSSR count). The summed E-state index contributed by atoms with van der Waals surface area (Å²) >= 11 is 0. The zero-order valence-electron chi connectivity index (χ0n) is 13.9. The maximum absolute atomic E-state index is 5.46. The van der Waals surface area contributed by atoms with Gasteiger partial charge in [0.1, 0.15) is 0 Å². The van der Waals surface area contributed by atoms with E-state index in [1.807, 2.05) is 0 Å². The molecule has 0 saturated heterocycles. The largest absolute Gasteiger partial charge is 0.493 e. The Morgan fingerprint density at radius 1 is 1.10 bits per heavy atom. The molecule has 3 heteroatoms. The average molecular weight is 291 g/mol. The number of ether oxygens (including phenoxy) is 2. The Labute approximate surface area is 129 Å². The minimum atomic E-state index is 0.396. The first-order chi connectivity index (χ1) is 10.2. The molecule has 21 heavy (non-hydrogen) atoms. The molecular formula is C18H29NO2. The maximum atomic E-state index is 5.46. The standard InChI is InChI=1S/C18H29NO2/c1-13-10-17(20-3)18(21-4)12-15(13)16(19-2)11-14-8-6-5-7-9-14/h10,12,14,16,19H,5-9,11H2,1-4H3. The lowest BCUT2D eigenvalue weighted by Crippen LogP contribution is -2.22. The third-order valence-electron chi connectivity index (χ3n) is 4.79. The molecule has 0 aliphatic heterocycles. The first kappa shape index (κ1) is 16.2. The summed E-state index contributed by atoms with van der Waals surface area (Å²) in [6, 6.07) is 4.62. The van der Waals surface area contributed by atoms with Gasteiger partial charge in [-0.1, -0.05) is 32.1 Å². The van der Waals surface area contributed by atoms with Crippen molar-refractivity contribution in [2.24, 2.45) is 5.92 Å². The molecule has 0 heterocycles. The highest BCUT2D eigenvalue weighted by atomic mass is 16.5. The number of aryl methyl sites for hydroxylation is 1. The Kier molecular flexibility index (Phi) is 5.92. The SMILES string of the molecule is CNC(CC1CCCCC1)c1cc(OC)c(OC)cc1C. The third kappa shape index (κ3) is 3.91. The van der Waals surface area contributed by atoms with Crippen molar-refractivity contribution >= 4 is 0 Å². The van der Waals surface area contributed by atoms with Gasteiger partial charge in [-0.3, -0.25) is 0 Å². The van der Waals surface area contributed by atoms with E-state index < -0.39 is 0 Å². The van der Waals surface area contributed by atoms with Crippen molar-refractivity contribution in [2.45, 2.75) is 51.5 Å². The van der Waals surface area contributed by atoms with Crippen molar-refractivity contribution in [1.82, 2.24) is 5.32 Å². The second-order valence-electron chi connectivity index (χ2n) is 6.14. The quantitative estimate of drug-likeness (QED) is 0.850. The molecule has 1 unspecified atom stereocenters. The molecule has 0 bridgehead atoms. The molecule has 0 amide bonds. The Morgan fingerprint density at radius 3 is 2.29 bits per heavy atom. The first-order valence-corrected chi connectivity index (χ1v) is 8.09. The van der Waals surface area contributed by atoms with E-state index >= 15 is 0 Å². The van der Waals surface area contributed by atoms with Crippen molar-refractivity contribution in [3.05, 3.63) is 23.3 Å². The van der Waals surface area contributed by atoms with Crippen LogP contribution in [0.3, 0.4) is 0 Å². The molecule has 1 saturated carbocycles. The van der Waals surface area contributed by atoms with Crippen LogP contribution in [0.25, 0.3) is 0 Å². The third-order valence-corrected chi connectivity index (χ3v) is 4.79. The van der Waals surface area contributed by atoms with Gasteiger partial charge in [0.15, 0.2) is 11.5 Å². The topological polar surface area (TPSA) is 30.5 Å². The van der Waals surface area contributed by atoms with Gasteiger partial charge in [0.25, 0.3) is 0 Å². The molecule has 1 aliphatic rings. The van der Waals surface area contributed by atoms with Crippen LogP contribution in [0.15, 0.2) is 12.1 Å². The van der Waals surface area contributed by atoms with Crippen molar-refractivity contribution < 1.29 is 9.47 Å². The van der Waals surface area contributed by atoms with E-state index in [1.54, 1.807) is 14.2 Å². The Bertz CT molecular complexity index is 453. The molecule has 118 valence electrons. The van der Waals surface area contributed by atoms with Crippen molar-refractivity contribution in [1.29, 1.82) is 0 Å². The Hall–Kier alpha value is -1.22. The number of hydrogen-bond donors (Lipinski definition) is 1. The average Bonchev–Trinajstić information content (AvgIpc) is 2.53. The van der Waals surface area contributed by atoms with Crippen molar-refractivity contribution in [3.63, 3.8) is 0 Å². The van der Waals surface area contributed by atoms with Gasteiger partial charge in [0.2, 0.25) is 0 Å². The lowest BCUT2D eigenvalue weighted by atomic mass is 9.82. The van der Waals surface area contributed by atoms with Gasteiger partial charge in [0, 0.05) is 6.04 Å². The number of rotatable bonds is 6. The monoisotopic (exact) mass is 291 g/mol. The number of benzene rings is 1. The van der Waals surface area contributed by atoms with Crippen molar-refractivity contribution in [2.75, 3.05) is 21.3 Å². The highest BCUT2D eigenvalue weighted by Gasteiger charge is 2.21. The minimum Gasteiger partial charge on any atom is -0.493 e. The Balaban J connectivity index is 2.20. The van der Waals surface area contributed by atoms with E-state index in [2.05, 4.69) is 31.4 Å². The predicted octanol–water partition coefficient (Wildman–Crippen LogP) is 4.24. The van der Waals surface area contributed by atoms with E-state index in [0.717, 1.165) is 17.4 Å². The molecule has 3 nitrogen and oxygen atoms in total. The lowest BCUT2D eigenvalue weighted by molar-refractivity contribution is 0.304. The lowest BCUT2D eigenvalue weighted by Gasteiger charge is -2.28. The van der Waals surface area contributed by atoms with Crippen LogP contribution in [-0.4, -0.2) is 21.3 Å². The van der Waals surface area contributed by atoms with Gasteiger partial charge in [-0.2, -0.15) is 0 Å². The van der Waals surface area contributed by atoms with Crippen LogP contribution in [0.2, 0.25) is 0 Å². The summed E-state index contributed by atoms with van der Waals surface area (Å²) in [6.45, 7) is 2.16. The van der Waals surface area contributed by atoms with Gasteiger partial charge >= 0.3 is 0 Å². The summed E-state index contributed by atoms with van der Waals surface area (Å²) in [4.78, 5) is 0. The normalized spacial score (nSPS) is 17.5. The van der Waals surface area contributed by atoms with Crippen molar-refractivity contribution in [3.8, 4) is 11.5 Å². The zero-order chi connectivity index (χ0) is 15.2. The first-order valence-electron chi connectivity index (χ1n) is 8.09. The molecule has 1 aromatic rings. The van der Waals surface area contributed by atoms with Gasteiger partial charge in [-0.15, -0.1) is 0 Å². The van der Waals surface area contributed by atoms with Crippen LogP contribution in [0.4, 0.5) is 0 Å². The highest BCUT2D eigenvalue weighted by molar-refractivity contribution is 5.48. The summed E-state index contributed by atoms with van der Waals surface area (Å²) in [5.74, 6) is 2.48. The van der Waals surface area contributed by atoms with Gasteiger partial charge in [0.05, 0.1) is 14.2 Å². The number of methoxy groups -OCH3 is 2. The molecule has 0 aromatic heterocycles. The fourth-order valence-electron chi connectivity index (χ4n) is 3.53. The van der Waals surface area contributed by atoms with Crippen LogP contribution in [0, 0.1) is 12.8 Å². The van der Waals surface area contributed by atoms with E-state index in [9.17, 15) is 0 Å². The molecule has 0 radical (unpaired) electrons. The van der Waals surface area contributed by atoms with E-state index in [-0.39, 0.29) is 0 Å². The summed E-state index contributed by atoms with van der Waals surface area (Å²) in [7, 11) is 5.45. The van der Waals surface area contributed by atoms with E-state index in [0.29, 0.717) is 6.04 Å². The Morgan fingerprint density at radius 2 is 1.71 bits per heavy atom. The van der Waals surface area contributed by atoms with Crippen LogP contribution < -0.4 is 14.8 Å². The summed E-state index contributed by atoms with van der Waals surface area (Å²) in [5.41, 5.74) is 2.60. The highest BCUT2D eigenvalue weighted by Crippen LogP contribution is 2.37. The van der Waals surface area contributed by atoms with Crippen LogP contribution in [-0.2, 0) is 0 Å². The molecule has 1 atom stereocenters. The van der Waals surface area contributed by atoms with Gasteiger partial charge < -0.3 is 14.8 Å². The van der Waals surface area contributed by atoms with E-state index in [1.165, 1.54) is 49.7 Å². The van der Waals surface area contributed by atoms with Crippen LogP contribution in [0.1, 0.15) is 55.7 Å². The summed E-state index contributed by atoms with van der Waals surface area (Å²) in [5, 5.41) is 3.50. The fraction of sp³-hybridized carbons (Fsp3) is 0.667. The van der Waals surface area contributed by atoms with Crippen LogP contribution in [0.5, 0.6) is 11.5 Å². The molecule has 1 N–H and O–H groups in total. The zero-order valence-corrected chi connectivity index (χ0v) is 13.9. The smallest absolute Gasteiger partial charge is 0.161 e. The molecule has 1 aliphatic carbocycles. The molecule has 1 aromatic carbocycles. The minimum absolute atomic E-state index is 0.396. The molecule has 0 spiro atoms. The number of nitrogens with one attached hydrogen (secondary N) is 1. The molecule has 1 fully saturated rings. The second-order valence-corrected chi connectivity index (χ2v) is 6.14. The van der Waals surface area contributed by atoms with Crippen LogP contribution >= 0.6 is 0 Å². The van der Waals surface area contributed by atoms with Gasteiger partial charge in [-0.25, -0.2) is 0 Å². The fourth-order valence-corrected chi connectivity index (χ4v) is 3.53. The molecular weight excluding hydrogens is 262 g/mol. The van der Waals surface area contributed by atoms with Gasteiger partial charge in [-0.05, 0) is 49.6 Å². The maximum Gasteiger partial charge on any atom is 0.161 e. The summed E-state index contributed by atoms with van der Waals surface area (Å²) < 4.78 is 10.9. The predicted molar refractivity (Wildman–Crippen MR) is 87.3 cm³/mol. The van der Waals surface area contributed by atoms with E-state index in [4.69, 9.17) is 9.47 Å². The second kappa shape index (κ2) is 7.69.